The third-order valence-electron chi connectivity index (χ3n) is 6.61. The number of likely N-dealkylation sites (N-methyl/N-ethyl adjacent to an activating group) is 1. The fraction of sp³-hybridized carbons (Fsp3) is 0.481. The van der Waals surface area contributed by atoms with Gasteiger partial charge >= 0.3 is 0 Å². The molecule has 9 nitrogen and oxygen atoms in total. The monoisotopic (exact) mass is 526 g/mol. The molecule has 3 aromatic rings. The second-order valence-corrected chi connectivity index (χ2v) is 9.82. The quantitative estimate of drug-likeness (QED) is 0.365. The number of rotatable bonds is 11. The van der Waals surface area contributed by atoms with E-state index in [0.29, 0.717) is 29.8 Å². The number of hydrogen-bond donors (Lipinski definition) is 1. The number of aromatic nitrogens is 3. The second-order valence-electron chi connectivity index (χ2n) is 9.41. The van der Waals surface area contributed by atoms with Crippen LogP contribution in [0.1, 0.15) is 39.5 Å². The molecule has 3 heterocycles. The number of ketones is 1. The highest BCUT2D eigenvalue weighted by atomic mass is 35.5. The predicted molar refractivity (Wildman–Crippen MR) is 149 cm³/mol. The van der Waals surface area contributed by atoms with E-state index in [1.54, 1.807) is 23.8 Å². The van der Waals surface area contributed by atoms with Gasteiger partial charge in [-0.1, -0.05) is 38.3 Å². The lowest BCUT2D eigenvalue weighted by Crippen LogP contribution is -2.45. The van der Waals surface area contributed by atoms with E-state index in [9.17, 15) is 9.59 Å². The Kier molecular flexibility index (Phi) is 9.00. The van der Waals surface area contributed by atoms with Gasteiger partial charge in [0.25, 0.3) is 5.56 Å². The molecule has 1 aliphatic rings. The molecule has 2 aromatic heterocycles. The van der Waals surface area contributed by atoms with Crippen LogP contribution in [0.25, 0.3) is 10.9 Å². The Morgan fingerprint density at radius 3 is 2.65 bits per heavy atom. The Balaban J connectivity index is 1.64. The summed E-state index contributed by atoms with van der Waals surface area (Å²) < 4.78 is 7.40. The SMILES string of the molecule is CCCCCn1c(=O)c(OCC(=O)CC)cc2cc(Nc3nc(N4CCN(C)CC4)ncc3Cl)ccc21. The summed E-state index contributed by atoms with van der Waals surface area (Å²) in [6, 6.07) is 7.47. The molecule has 0 bridgehead atoms. The van der Waals surface area contributed by atoms with Gasteiger partial charge in [0.05, 0.1) is 11.7 Å². The van der Waals surface area contributed by atoms with Gasteiger partial charge < -0.3 is 24.4 Å². The Morgan fingerprint density at radius 1 is 1.14 bits per heavy atom. The molecule has 10 heteroatoms. The van der Waals surface area contributed by atoms with Gasteiger partial charge in [-0.15, -0.1) is 0 Å². The highest BCUT2D eigenvalue weighted by Crippen LogP contribution is 2.28. The average Bonchev–Trinajstić information content (AvgIpc) is 2.90. The predicted octanol–water partition coefficient (Wildman–Crippen LogP) is 4.49. The van der Waals surface area contributed by atoms with E-state index in [4.69, 9.17) is 16.3 Å². The molecule has 1 aliphatic heterocycles. The zero-order valence-corrected chi connectivity index (χ0v) is 22.6. The summed E-state index contributed by atoms with van der Waals surface area (Å²) >= 11 is 6.44. The molecular formula is C27H35ClN6O3. The Bertz CT molecular complexity index is 1300. The summed E-state index contributed by atoms with van der Waals surface area (Å²) in [5.41, 5.74) is 1.36. The summed E-state index contributed by atoms with van der Waals surface area (Å²) in [6.45, 7) is 7.99. The number of nitrogens with one attached hydrogen (secondary N) is 1. The number of hydrogen-bond acceptors (Lipinski definition) is 8. The first-order valence-corrected chi connectivity index (χ1v) is 13.3. The van der Waals surface area contributed by atoms with Crippen molar-refractivity contribution >= 4 is 45.7 Å². The number of piperazine rings is 1. The van der Waals surface area contributed by atoms with Gasteiger partial charge in [-0.2, -0.15) is 4.98 Å². The minimum atomic E-state index is -0.219. The summed E-state index contributed by atoms with van der Waals surface area (Å²) in [5, 5.41) is 4.56. The summed E-state index contributed by atoms with van der Waals surface area (Å²) in [7, 11) is 2.11. The van der Waals surface area contributed by atoms with Crippen molar-refractivity contribution in [1.29, 1.82) is 0 Å². The van der Waals surface area contributed by atoms with Crippen molar-refractivity contribution in [2.24, 2.45) is 0 Å². The van der Waals surface area contributed by atoms with Crippen LogP contribution >= 0.6 is 11.6 Å². The maximum Gasteiger partial charge on any atom is 0.293 e. The molecule has 0 spiro atoms. The number of nitrogens with zero attached hydrogens (tertiary/aromatic N) is 5. The molecule has 1 fully saturated rings. The first-order valence-electron chi connectivity index (χ1n) is 12.9. The van der Waals surface area contributed by atoms with Crippen LogP contribution in [0.2, 0.25) is 5.02 Å². The molecule has 0 atom stereocenters. The number of pyridine rings is 1. The van der Waals surface area contributed by atoms with Gasteiger partial charge in [0.1, 0.15) is 11.6 Å². The van der Waals surface area contributed by atoms with Crippen LogP contribution < -0.4 is 20.5 Å². The van der Waals surface area contributed by atoms with Crippen molar-refractivity contribution in [2.75, 3.05) is 50.1 Å². The fourth-order valence-electron chi connectivity index (χ4n) is 4.29. The third-order valence-corrected chi connectivity index (χ3v) is 6.89. The molecule has 0 aliphatic carbocycles. The Labute approximate surface area is 222 Å². The van der Waals surface area contributed by atoms with Crippen molar-refractivity contribution in [3.63, 3.8) is 0 Å². The van der Waals surface area contributed by atoms with Crippen LogP contribution in [0.5, 0.6) is 5.75 Å². The maximum atomic E-state index is 13.2. The number of benzene rings is 1. The van der Waals surface area contributed by atoms with Crippen LogP contribution in [-0.2, 0) is 11.3 Å². The number of aryl methyl sites for hydroxylation is 1. The smallest absolute Gasteiger partial charge is 0.293 e. The normalized spacial score (nSPS) is 14.2. The van der Waals surface area contributed by atoms with Crippen molar-refractivity contribution in [3.8, 4) is 5.75 Å². The van der Waals surface area contributed by atoms with Crippen molar-refractivity contribution in [1.82, 2.24) is 19.4 Å². The maximum absolute atomic E-state index is 13.2. The molecule has 37 heavy (non-hydrogen) atoms. The number of ether oxygens (including phenoxy) is 1. The topological polar surface area (TPSA) is 92.6 Å². The van der Waals surface area contributed by atoms with Crippen LogP contribution in [0.4, 0.5) is 17.5 Å². The highest BCUT2D eigenvalue weighted by molar-refractivity contribution is 6.32. The number of carbonyl (C=O) groups excluding carboxylic acids is 1. The van der Waals surface area contributed by atoms with E-state index in [-0.39, 0.29) is 23.7 Å². The third kappa shape index (κ3) is 6.59. The standard InChI is InChI=1S/C27H35ClN6O3/c1-4-6-7-10-34-23-9-8-20(15-19(23)16-24(26(34)36)37-18-21(35)5-2)30-25-22(28)17-29-27(31-25)33-13-11-32(3)12-14-33/h8-9,15-17H,4-7,10-14,18H2,1-3H3,(H,29,30,31). The molecule has 4 rings (SSSR count). The minimum Gasteiger partial charge on any atom is -0.480 e. The van der Waals surface area contributed by atoms with E-state index in [1.807, 2.05) is 18.2 Å². The first kappa shape index (κ1) is 26.9. The second kappa shape index (κ2) is 12.4. The lowest BCUT2D eigenvalue weighted by Gasteiger charge is -2.32. The van der Waals surface area contributed by atoms with Gasteiger partial charge in [0, 0.05) is 50.2 Å². The zero-order valence-electron chi connectivity index (χ0n) is 21.8. The number of Topliss-reactive ketones (excluding diaryl/α,β-unsaturated/α-hetero) is 1. The number of fused-ring (bicyclic) bond motifs is 1. The number of halogens is 1. The van der Waals surface area contributed by atoms with Gasteiger partial charge in [-0.3, -0.25) is 9.59 Å². The molecule has 198 valence electrons. The van der Waals surface area contributed by atoms with Crippen molar-refractivity contribution in [2.45, 2.75) is 46.1 Å². The number of carbonyl (C=O) groups is 1. The molecule has 0 radical (unpaired) electrons. The highest BCUT2D eigenvalue weighted by Gasteiger charge is 2.18. The van der Waals surface area contributed by atoms with E-state index < -0.39 is 0 Å². The van der Waals surface area contributed by atoms with E-state index in [1.165, 1.54) is 0 Å². The van der Waals surface area contributed by atoms with E-state index in [2.05, 4.69) is 39.1 Å². The fourth-order valence-corrected chi connectivity index (χ4v) is 4.42. The number of anilines is 3. The summed E-state index contributed by atoms with van der Waals surface area (Å²) in [5.74, 6) is 1.29. The van der Waals surface area contributed by atoms with Crippen molar-refractivity contribution < 1.29 is 9.53 Å². The van der Waals surface area contributed by atoms with Gasteiger partial charge in [0.15, 0.2) is 17.4 Å². The largest absolute Gasteiger partial charge is 0.480 e. The lowest BCUT2D eigenvalue weighted by molar-refractivity contribution is -0.120. The Morgan fingerprint density at radius 2 is 1.92 bits per heavy atom. The molecule has 0 saturated carbocycles. The van der Waals surface area contributed by atoms with Crippen LogP contribution in [0.3, 0.4) is 0 Å². The minimum absolute atomic E-state index is 0.0537. The zero-order chi connectivity index (χ0) is 26.4. The molecule has 1 aromatic carbocycles. The van der Waals surface area contributed by atoms with Crippen LogP contribution in [-0.4, -0.2) is 65.1 Å². The van der Waals surface area contributed by atoms with E-state index in [0.717, 1.165) is 62.0 Å². The molecule has 1 saturated heterocycles. The lowest BCUT2D eigenvalue weighted by atomic mass is 10.1. The van der Waals surface area contributed by atoms with Crippen LogP contribution in [0.15, 0.2) is 35.3 Å². The summed E-state index contributed by atoms with van der Waals surface area (Å²) in [4.78, 5) is 38.6. The Hall–Kier alpha value is -3.17. The molecule has 0 unspecified atom stereocenters. The summed E-state index contributed by atoms with van der Waals surface area (Å²) in [6.07, 6.45) is 4.94. The van der Waals surface area contributed by atoms with Gasteiger partial charge in [-0.05, 0) is 37.7 Å². The number of unbranched alkanes of at least 4 members (excludes halogenated alkanes) is 2. The van der Waals surface area contributed by atoms with Crippen LogP contribution in [0, 0.1) is 0 Å². The van der Waals surface area contributed by atoms with Crippen molar-refractivity contribution in [3.05, 3.63) is 45.8 Å². The first-order chi connectivity index (χ1) is 17.9. The molecule has 1 N–H and O–H groups in total. The van der Waals surface area contributed by atoms with Gasteiger partial charge in [0.2, 0.25) is 5.95 Å². The molecular weight excluding hydrogens is 492 g/mol. The van der Waals surface area contributed by atoms with Gasteiger partial charge in [-0.25, -0.2) is 4.98 Å². The molecule has 0 amide bonds. The van der Waals surface area contributed by atoms with E-state index >= 15 is 0 Å². The average molecular weight is 527 g/mol.